The van der Waals surface area contributed by atoms with E-state index in [2.05, 4.69) is 147 Å². The van der Waals surface area contributed by atoms with Crippen molar-refractivity contribution in [3.63, 3.8) is 0 Å². The quantitative estimate of drug-likeness (QED) is 0.112. The van der Waals surface area contributed by atoms with Gasteiger partial charge in [-0.1, -0.05) is 144 Å². The Bertz CT molecular complexity index is 3230. The van der Waals surface area contributed by atoms with Crippen LogP contribution in [0.1, 0.15) is 101 Å². The van der Waals surface area contributed by atoms with Gasteiger partial charge in [0, 0.05) is 53.6 Å². The van der Waals surface area contributed by atoms with Crippen LogP contribution in [0, 0.1) is 12.1 Å². The third kappa shape index (κ3) is 6.28. The Labute approximate surface area is 364 Å². The second-order valence-electron chi connectivity index (χ2n) is 17.0. The van der Waals surface area contributed by atoms with Gasteiger partial charge in [0.1, 0.15) is 5.65 Å². The number of benzene rings is 4. The first-order chi connectivity index (χ1) is 28.6. The summed E-state index contributed by atoms with van der Waals surface area (Å²) < 4.78 is 11.0. The maximum absolute atomic E-state index is 6.62. The smallest absolute Gasteiger partial charge is 0.497 e. The van der Waals surface area contributed by atoms with Crippen molar-refractivity contribution in [2.45, 2.75) is 79.1 Å². The summed E-state index contributed by atoms with van der Waals surface area (Å²) in [5, 5.41) is 5.91. The summed E-state index contributed by atoms with van der Waals surface area (Å²) in [5.41, 5.74) is 13.1. The molecule has 0 atom stereocenters. The van der Waals surface area contributed by atoms with Gasteiger partial charge in [-0.05, 0) is 68.8 Å². The van der Waals surface area contributed by atoms with Crippen molar-refractivity contribution < 1.29 is 25.8 Å². The van der Waals surface area contributed by atoms with Crippen LogP contribution in [0.15, 0.2) is 110 Å². The summed E-state index contributed by atoms with van der Waals surface area (Å²) in [6, 6.07) is 35.2. The molecular weight excluding hydrogens is 920 g/mol. The van der Waals surface area contributed by atoms with Crippen LogP contribution in [0.5, 0.6) is 11.5 Å². The summed E-state index contributed by atoms with van der Waals surface area (Å²) in [6.07, 6.45) is 9.49. The molecule has 0 aliphatic heterocycles. The van der Waals surface area contributed by atoms with E-state index in [4.69, 9.17) is 14.7 Å². The van der Waals surface area contributed by atoms with Gasteiger partial charge in [-0.15, -0.1) is 12.1 Å². The Morgan fingerprint density at radius 2 is 1.10 bits per heavy atom. The van der Waals surface area contributed by atoms with Gasteiger partial charge in [0.05, 0.1) is 28.2 Å². The number of rotatable bonds is 8. The van der Waals surface area contributed by atoms with E-state index in [1.165, 1.54) is 33.4 Å². The Balaban J connectivity index is 0.00000462. The fourth-order valence-corrected chi connectivity index (χ4v) is 9.06. The number of aromatic nitrogens is 6. The maximum Gasteiger partial charge on any atom is 2.00 e. The second-order valence-corrected chi connectivity index (χ2v) is 17.0. The van der Waals surface area contributed by atoms with Crippen molar-refractivity contribution in [1.82, 2.24) is 28.7 Å². The Morgan fingerprint density at radius 3 is 1.72 bits per heavy atom. The molecule has 0 N–H and O–H groups in total. The topological polar surface area (TPSA) is 69.6 Å². The van der Waals surface area contributed by atoms with Crippen LogP contribution in [-0.2, 0) is 21.1 Å². The summed E-state index contributed by atoms with van der Waals surface area (Å²) >= 11 is 0. The molecule has 0 aliphatic rings. The second kappa shape index (κ2) is 15.3. The monoisotopic (exact) mass is 965 g/mol. The van der Waals surface area contributed by atoms with E-state index in [-0.39, 0.29) is 21.1 Å². The van der Waals surface area contributed by atoms with Gasteiger partial charge in [0.15, 0.2) is 0 Å². The van der Waals surface area contributed by atoms with Crippen LogP contribution >= 0.6 is 0 Å². The fraction of sp³-hybridized carbons (Fsp3) is 0.231. The van der Waals surface area contributed by atoms with E-state index in [1.807, 2.05) is 49.2 Å². The van der Waals surface area contributed by atoms with Crippen molar-refractivity contribution in [3.05, 3.63) is 144 Å². The zero-order chi connectivity index (χ0) is 40.7. The molecule has 4 aromatic carbocycles. The average Bonchev–Trinajstić information content (AvgIpc) is 3.92. The summed E-state index contributed by atoms with van der Waals surface area (Å²) in [4.78, 5) is 19.9. The fourth-order valence-electron chi connectivity index (χ4n) is 9.06. The summed E-state index contributed by atoms with van der Waals surface area (Å²) in [7, 11) is 0. The van der Waals surface area contributed by atoms with E-state index < -0.39 is 0 Å². The van der Waals surface area contributed by atoms with E-state index in [9.17, 15) is 0 Å². The first kappa shape index (κ1) is 39.5. The third-order valence-electron chi connectivity index (χ3n) is 11.9. The maximum atomic E-state index is 6.62. The Morgan fingerprint density at radius 1 is 0.533 bits per heavy atom. The average molecular weight is 966 g/mol. The molecule has 0 saturated carbocycles. The van der Waals surface area contributed by atoms with Gasteiger partial charge in [0.2, 0.25) is 0 Å². The zero-order valence-electron chi connectivity index (χ0n) is 35.1. The van der Waals surface area contributed by atoms with Crippen LogP contribution in [0.3, 0.4) is 0 Å². The predicted octanol–water partition coefficient (Wildman–Crippen LogP) is 13.6. The molecule has 8 heteroatoms. The van der Waals surface area contributed by atoms with Gasteiger partial charge >= 0.3 is 21.1 Å². The van der Waals surface area contributed by atoms with E-state index >= 15 is 0 Å². The van der Waals surface area contributed by atoms with Crippen LogP contribution in [0.25, 0.3) is 77.3 Å². The van der Waals surface area contributed by atoms with Crippen LogP contribution in [-0.4, -0.2) is 28.7 Å². The molecule has 60 heavy (non-hydrogen) atoms. The van der Waals surface area contributed by atoms with Gasteiger partial charge < -0.3 is 13.5 Å². The van der Waals surface area contributed by atoms with Gasteiger partial charge in [-0.3, -0.25) is 15.0 Å². The molecule has 0 spiro atoms. The molecule has 300 valence electrons. The van der Waals surface area contributed by atoms with E-state index in [0.29, 0.717) is 35.2 Å². The van der Waals surface area contributed by atoms with E-state index in [0.717, 1.165) is 66.2 Å². The number of ether oxygens (including phenoxy) is 1. The van der Waals surface area contributed by atoms with Gasteiger partial charge in [-0.2, -0.15) is 0 Å². The van der Waals surface area contributed by atoms with Crippen molar-refractivity contribution in [3.8, 4) is 34.0 Å². The van der Waals surface area contributed by atoms with Crippen LogP contribution in [0.4, 0.5) is 0 Å². The van der Waals surface area contributed by atoms with Crippen LogP contribution in [0.2, 0.25) is 0 Å². The third-order valence-corrected chi connectivity index (χ3v) is 11.9. The molecule has 0 radical (unpaired) electrons. The van der Waals surface area contributed by atoms with E-state index in [1.54, 1.807) is 0 Å². The molecule has 0 saturated heterocycles. The number of fused-ring (bicyclic) bond motifs is 12. The predicted molar refractivity (Wildman–Crippen MR) is 241 cm³/mol. The normalized spacial score (nSPS) is 12.1. The first-order valence-corrected chi connectivity index (χ1v) is 20.7. The number of pyridine rings is 4. The molecule has 0 aliphatic carbocycles. The minimum Gasteiger partial charge on any atom is -0.497 e. The van der Waals surface area contributed by atoms with Crippen molar-refractivity contribution in [2.24, 2.45) is 0 Å². The van der Waals surface area contributed by atoms with Crippen molar-refractivity contribution >= 4 is 54.8 Å². The Kier molecular flexibility index (Phi) is 10.1. The molecular formula is C52H46N6OPt. The molecule has 7 nitrogen and oxygen atoms in total. The molecule has 6 heterocycles. The van der Waals surface area contributed by atoms with Crippen molar-refractivity contribution in [2.75, 3.05) is 0 Å². The Hall–Kier alpha value is -5.91. The number of hydrogen-bond donors (Lipinski definition) is 0. The standard InChI is InChI=1S/C52H46N6O.Pt/c1-29(2)35-11-9-12-36(30(3)4)48(35)45-20-19-42-40-18-16-34(59-33-15-17-39-41-21-22-53-27-46(41)57-24-23-54-50(57)43(39)25-33)26-44(40)51-55-28-47(58(51)52(42)56-45)49-37(31(5)6)13-10-14-38(49)32(7)8;/h9-24,27-32H,1-8H3;/q-2;+2. The molecule has 0 bridgehead atoms. The molecule has 6 aromatic heterocycles. The molecule has 10 rings (SSSR count). The number of nitrogens with zero attached hydrogens (tertiary/aromatic N) is 6. The van der Waals surface area contributed by atoms with Gasteiger partial charge in [-0.25, -0.2) is 4.98 Å². The largest absolute Gasteiger partial charge is 2.00 e. The molecule has 0 fully saturated rings. The molecule has 0 unspecified atom stereocenters. The van der Waals surface area contributed by atoms with Crippen molar-refractivity contribution in [1.29, 1.82) is 0 Å². The number of imidazole rings is 2. The minimum atomic E-state index is 0. The summed E-state index contributed by atoms with van der Waals surface area (Å²) in [6.45, 7) is 18.1. The molecule has 10 aromatic rings. The summed E-state index contributed by atoms with van der Waals surface area (Å²) in [5.74, 6) is 2.44. The van der Waals surface area contributed by atoms with Crippen LogP contribution < -0.4 is 4.74 Å². The zero-order valence-corrected chi connectivity index (χ0v) is 37.4. The van der Waals surface area contributed by atoms with Gasteiger partial charge in [0.25, 0.3) is 0 Å². The first-order valence-electron chi connectivity index (χ1n) is 20.7. The minimum absolute atomic E-state index is 0. The molecule has 0 amide bonds. The number of hydrogen-bond acceptors (Lipinski definition) is 5. The SMILES string of the molecule is CC(C)c1cccc(C(C)C)c1-c1ccc2c3ccc(Oc4[c-]c5c(cc4)c4ccncc4n4ccnc54)[c-]c3c3ncc(-c4c(C(C)C)cccc4C(C)C)n3c2n1.[Pt+2].